The van der Waals surface area contributed by atoms with Crippen molar-refractivity contribution in [1.29, 1.82) is 5.26 Å². The van der Waals surface area contributed by atoms with Crippen molar-refractivity contribution in [3.8, 4) is 6.07 Å². The summed E-state index contributed by atoms with van der Waals surface area (Å²) in [6, 6.07) is 10.7. The molecule has 0 amide bonds. The lowest BCUT2D eigenvalue weighted by Crippen LogP contribution is -2.14. The van der Waals surface area contributed by atoms with Gasteiger partial charge in [0.15, 0.2) is 0 Å². The van der Waals surface area contributed by atoms with E-state index in [4.69, 9.17) is 5.26 Å². The van der Waals surface area contributed by atoms with Crippen LogP contribution in [0.3, 0.4) is 0 Å². The van der Waals surface area contributed by atoms with E-state index < -0.39 is 0 Å². The zero-order valence-corrected chi connectivity index (χ0v) is 7.17. The van der Waals surface area contributed by atoms with Crippen molar-refractivity contribution in [3.05, 3.63) is 35.4 Å². The van der Waals surface area contributed by atoms with E-state index in [0.29, 0.717) is 0 Å². The maximum Gasteiger partial charge on any atom is 0.0800 e. The van der Waals surface area contributed by atoms with Crippen molar-refractivity contribution in [2.75, 3.05) is 0 Å². The molecule has 12 heavy (non-hydrogen) atoms. The van der Waals surface area contributed by atoms with Crippen LogP contribution in [0, 0.1) is 11.3 Å². The molecule has 0 saturated heterocycles. The summed E-state index contributed by atoms with van der Waals surface area (Å²) in [4.78, 5) is 0. The highest BCUT2D eigenvalue weighted by Gasteiger charge is 2.33. The maximum absolute atomic E-state index is 9.02. The van der Waals surface area contributed by atoms with Crippen LogP contribution in [0.2, 0.25) is 0 Å². The van der Waals surface area contributed by atoms with Gasteiger partial charge in [-0.3, -0.25) is 0 Å². The van der Waals surface area contributed by atoms with E-state index in [9.17, 15) is 0 Å². The van der Waals surface area contributed by atoms with E-state index in [2.05, 4.69) is 18.2 Å². The van der Waals surface area contributed by atoms with Crippen LogP contribution in [0.25, 0.3) is 0 Å². The third kappa shape index (κ3) is 0.848. The number of rotatable bonds is 0. The summed E-state index contributed by atoms with van der Waals surface area (Å²) in [6.45, 7) is 2.03. The van der Waals surface area contributed by atoms with Crippen LogP contribution in [0.4, 0.5) is 0 Å². The van der Waals surface area contributed by atoms with Crippen LogP contribution in [0.1, 0.15) is 24.5 Å². The number of nitrogens with zero attached hydrogens (tertiary/aromatic N) is 1. The SMILES string of the molecule is CC1(C#N)CCc2ccccc21. The predicted molar refractivity (Wildman–Crippen MR) is 47.7 cm³/mol. The molecule has 1 aliphatic rings. The van der Waals surface area contributed by atoms with Gasteiger partial charge in [-0.1, -0.05) is 24.3 Å². The summed E-state index contributed by atoms with van der Waals surface area (Å²) < 4.78 is 0. The number of fused-ring (bicyclic) bond motifs is 1. The lowest BCUT2D eigenvalue weighted by Gasteiger charge is -2.14. The summed E-state index contributed by atoms with van der Waals surface area (Å²) in [7, 11) is 0. The van der Waals surface area contributed by atoms with E-state index in [1.807, 2.05) is 19.1 Å². The van der Waals surface area contributed by atoms with Crippen LogP contribution in [-0.4, -0.2) is 0 Å². The number of aryl methyl sites for hydroxylation is 1. The zero-order chi connectivity index (χ0) is 8.60. The normalized spacial score (nSPS) is 26.3. The first-order valence-corrected chi connectivity index (χ1v) is 4.26. The minimum atomic E-state index is -0.226. The molecule has 1 aromatic rings. The molecule has 60 valence electrons. The first kappa shape index (κ1) is 7.36. The van der Waals surface area contributed by atoms with Crippen molar-refractivity contribution in [1.82, 2.24) is 0 Å². The minimum Gasteiger partial charge on any atom is -0.197 e. The molecule has 0 aromatic heterocycles. The summed E-state index contributed by atoms with van der Waals surface area (Å²) >= 11 is 0. The molecule has 0 heterocycles. The van der Waals surface area contributed by atoms with Gasteiger partial charge in [-0.25, -0.2) is 0 Å². The summed E-state index contributed by atoms with van der Waals surface area (Å²) in [5.74, 6) is 0. The summed E-state index contributed by atoms with van der Waals surface area (Å²) in [5.41, 5.74) is 2.35. The molecular formula is C11H11N. The van der Waals surface area contributed by atoms with E-state index >= 15 is 0 Å². The molecule has 2 rings (SSSR count). The van der Waals surface area contributed by atoms with Gasteiger partial charge in [0.25, 0.3) is 0 Å². The van der Waals surface area contributed by atoms with Gasteiger partial charge in [0.1, 0.15) is 0 Å². The second kappa shape index (κ2) is 2.35. The Kier molecular flexibility index (Phi) is 1.44. The number of benzene rings is 1. The Morgan fingerprint density at radius 1 is 1.42 bits per heavy atom. The van der Waals surface area contributed by atoms with Crippen molar-refractivity contribution in [2.24, 2.45) is 0 Å². The molecule has 0 spiro atoms. The van der Waals surface area contributed by atoms with Gasteiger partial charge in [0.05, 0.1) is 11.5 Å². The van der Waals surface area contributed by atoms with Crippen LogP contribution in [0.15, 0.2) is 24.3 Å². The third-order valence-electron chi connectivity index (χ3n) is 2.75. The monoisotopic (exact) mass is 157 g/mol. The Labute approximate surface area is 72.6 Å². The third-order valence-corrected chi connectivity index (χ3v) is 2.75. The Morgan fingerprint density at radius 2 is 2.17 bits per heavy atom. The van der Waals surface area contributed by atoms with Crippen LogP contribution in [0.5, 0.6) is 0 Å². The maximum atomic E-state index is 9.02. The molecule has 0 N–H and O–H groups in total. The van der Waals surface area contributed by atoms with E-state index in [1.54, 1.807) is 0 Å². The highest BCUT2D eigenvalue weighted by molar-refractivity contribution is 5.42. The van der Waals surface area contributed by atoms with Crippen molar-refractivity contribution in [3.63, 3.8) is 0 Å². The number of hydrogen-bond acceptors (Lipinski definition) is 1. The quantitative estimate of drug-likeness (QED) is 0.567. The lowest BCUT2D eigenvalue weighted by atomic mass is 9.86. The van der Waals surface area contributed by atoms with E-state index in [-0.39, 0.29) is 5.41 Å². The molecule has 1 atom stereocenters. The fraction of sp³-hybridized carbons (Fsp3) is 0.364. The molecule has 0 bridgehead atoms. The Hall–Kier alpha value is -1.29. The molecule has 0 saturated carbocycles. The molecule has 0 radical (unpaired) electrons. The van der Waals surface area contributed by atoms with Crippen LogP contribution < -0.4 is 0 Å². The fourth-order valence-corrected chi connectivity index (χ4v) is 1.91. The summed E-state index contributed by atoms with van der Waals surface area (Å²) in [5, 5.41) is 9.02. The second-order valence-electron chi connectivity index (χ2n) is 3.60. The van der Waals surface area contributed by atoms with Gasteiger partial charge >= 0.3 is 0 Å². The molecule has 1 aromatic carbocycles. The average molecular weight is 157 g/mol. The predicted octanol–water partition coefficient (Wildman–Crippen LogP) is 2.41. The largest absolute Gasteiger partial charge is 0.197 e. The fourth-order valence-electron chi connectivity index (χ4n) is 1.91. The van der Waals surface area contributed by atoms with Gasteiger partial charge in [-0.2, -0.15) is 5.26 Å². The van der Waals surface area contributed by atoms with Gasteiger partial charge in [0, 0.05) is 0 Å². The second-order valence-corrected chi connectivity index (χ2v) is 3.60. The Bertz CT molecular complexity index is 348. The topological polar surface area (TPSA) is 23.8 Å². The van der Waals surface area contributed by atoms with E-state index in [0.717, 1.165) is 12.8 Å². The average Bonchev–Trinajstić information content (AvgIpc) is 2.46. The highest BCUT2D eigenvalue weighted by Crippen LogP contribution is 2.37. The molecule has 1 nitrogen and oxygen atoms in total. The van der Waals surface area contributed by atoms with Gasteiger partial charge in [-0.05, 0) is 30.9 Å². The number of nitriles is 1. The highest BCUT2D eigenvalue weighted by atomic mass is 14.4. The molecule has 0 aliphatic heterocycles. The van der Waals surface area contributed by atoms with Gasteiger partial charge < -0.3 is 0 Å². The lowest BCUT2D eigenvalue weighted by molar-refractivity contribution is 0.604. The van der Waals surface area contributed by atoms with Gasteiger partial charge in [0.2, 0.25) is 0 Å². The van der Waals surface area contributed by atoms with Crippen molar-refractivity contribution < 1.29 is 0 Å². The molecular weight excluding hydrogens is 146 g/mol. The molecule has 1 aliphatic carbocycles. The minimum absolute atomic E-state index is 0.226. The molecule has 1 heteroatoms. The Morgan fingerprint density at radius 3 is 2.92 bits per heavy atom. The van der Waals surface area contributed by atoms with Crippen LogP contribution >= 0.6 is 0 Å². The van der Waals surface area contributed by atoms with Crippen molar-refractivity contribution >= 4 is 0 Å². The molecule has 1 unspecified atom stereocenters. The Balaban J connectivity index is 2.58. The molecule has 0 fully saturated rings. The van der Waals surface area contributed by atoms with Crippen molar-refractivity contribution in [2.45, 2.75) is 25.2 Å². The van der Waals surface area contributed by atoms with Gasteiger partial charge in [-0.15, -0.1) is 0 Å². The first-order valence-electron chi connectivity index (χ1n) is 4.26. The number of hydrogen-bond donors (Lipinski definition) is 0. The first-order chi connectivity index (χ1) is 5.76. The van der Waals surface area contributed by atoms with Crippen LogP contribution in [-0.2, 0) is 11.8 Å². The zero-order valence-electron chi connectivity index (χ0n) is 7.17. The smallest absolute Gasteiger partial charge is 0.0800 e. The van der Waals surface area contributed by atoms with E-state index in [1.165, 1.54) is 11.1 Å². The summed E-state index contributed by atoms with van der Waals surface area (Å²) in [6.07, 6.45) is 2.03. The standard InChI is InChI=1S/C11H11N/c1-11(8-12)7-6-9-4-2-3-5-10(9)11/h2-5H,6-7H2,1H3.